The number of benzene rings is 2. The fraction of sp³-hybridized carbons (Fsp3) is 0.375. The van der Waals surface area contributed by atoms with Gasteiger partial charge in [-0.05, 0) is 74.3 Å². The minimum atomic E-state index is -0.134. The Kier molecular flexibility index (Phi) is 12.8. The third-order valence-electron chi connectivity index (χ3n) is 5.98. The van der Waals surface area contributed by atoms with Crippen LogP contribution in [0, 0.1) is 19.3 Å². The minimum Gasteiger partial charge on any atom is -0.399 e. The van der Waals surface area contributed by atoms with E-state index in [1.54, 1.807) is 0 Å². The van der Waals surface area contributed by atoms with E-state index in [9.17, 15) is 5.41 Å². The molecule has 1 aromatic heterocycles. The van der Waals surface area contributed by atoms with Gasteiger partial charge in [0.05, 0.1) is 0 Å². The van der Waals surface area contributed by atoms with E-state index >= 15 is 0 Å². The summed E-state index contributed by atoms with van der Waals surface area (Å²) in [6.07, 6.45) is 3.63. The molecule has 0 fully saturated rings. The molecule has 0 amide bonds. The standard InChI is InChI=1S/C28H34N4.2C2H6/c1-18-15-19(2)26(25(16-18)21(4)29)28(30)27(20(3)23-11-13-31-14-12-23)24-9-7-22(8-10-24)17-32(5)6;2*1-2/h7-16,20,27,30H,4,17,29H2,1-3,5-6H3;2*1-2H3. The van der Waals surface area contributed by atoms with Gasteiger partial charge in [-0.15, -0.1) is 0 Å². The number of nitrogens with one attached hydrogen (secondary N) is 1. The molecule has 3 N–H and O–H groups in total. The van der Waals surface area contributed by atoms with Gasteiger partial charge in [0, 0.05) is 47.4 Å². The fourth-order valence-corrected chi connectivity index (χ4v) is 4.49. The lowest BCUT2D eigenvalue weighted by Crippen LogP contribution is -2.22. The van der Waals surface area contributed by atoms with Gasteiger partial charge < -0.3 is 16.0 Å². The van der Waals surface area contributed by atoms with Gasteiger partial charge in [0.2, 0.25) is 0 Å². The molecule has 0 aliphatic rings. The lowest BCUT2D eigenvalue weighted by molar-refractivity contribution is 0.402. The Labute approximate surface area is 219 Å². The first-order chi connectivity index (χ1) is 17.2. The van der Waals surface area contributed by atoms with Crippen molar-refractivity contribution in [1.29, 1.82) is 5.41 Å². The molecule has 0 saturated heterocycles. The van der Waals surface area contributed by atoms with E-state index < -0.39 is 0 Å². The molecule has 3 aromatic rings. The van der Waals surface area contributed by atoms with Crippen molar-refractivity contribution < 1.29 is 0 Å². The molecule has 0 spiro atoms. The molecule has 0 aliphatic heterocycles. The van der Waals surface area contributed by atoms with E-state index in [1.165, 1.54) is 5.56 Å². The maximum Gasteiger partial charge on any atom is 0.0476 e. The van der Waals surface area contributed by atoms with Crippen molar-refractivity contribution in [3.63, 3.8) is 0 Å². The molecule has 0 radical (unpaired) electrons. The maximum absolute atomic E-state index is 9.40. The Morgan fingerprint density at radius 1 is 0.944 bits per heavy atom. The molecule has 0 bridgehead atoms. The number of hydrogen-bond donors (Lipinski definition) is 2. The Morgan fingerprint density at radius 2 is 1.50 bits per heavy atom. The highest BCUT2D eigenvalue weighted by Gasteiger charge is 2.29. The van der Waals surface area contributed by atoms with Crippen LogP contribution < -0.4 is 5.73 Å². The van der Waals surface area contributed by atoms with E-state index in [2.05, 4.69) is 74.7 Å². The molecular weight excluding hydrogens is 440 g/mol. The van der Waals surface area contributed by atoms with Gasteiger partial charge in [0.25, 0.3) is 0 Å². The Balaban J connectivity index is 0.00000154. The van der Waals surface area contributed by atoms with Crippen molar-refractivity contribution in [3.05, 3.63) is 106 Å². The molecule has 2 atom stereocenters. The smallest absolute Gasteiger partial charge is 0.0476 e. The lowest BCUT2D eigenvalue weighted by Gasteiger charge is -2.28. The number of aromatic nitrogens is 1. The maximum atomic E-state index is 9.40. The lowest BCUT2D eigenvalue weighted by atomic mass is 9.76. The van der Waals surface area contributed by atoms with Crippen LogP contribution in [0.1, 0.15) is 85.4 Å². The summed E-state index contributed by atoms with van der Waals surface area (Å²) in [6, 6.07) is 16.9. The predicted octanol–water partition coefficient (Wildman–Crippen LogP) is 7.70. The largest absolute Gasteiger partial charge is 0.399 e. The van der Waals surface area contributed by atoms with Crippen molar-refractivity contribution >= 4 is 11.4 Å². The van der Waals surface area contributed by atoms with Crippen LogP contribution >= 0.6 is 0 Å². The second kappa shape index (κ2) is 15.0. The van der Waals surface area contributed by atoms with Gasteiger partial charge in [-0.2, -0.15) is 0 Å². The molecule has 0 aliphatic carbocycles. The van der Waals surface area contributed by atoms with Gasteiger partial charge in [-0.1, -0.05) is 77.1 Å². The van der Waals surface area contributed by atoms with Gasteiger partial charge in [-0.3, -0.25) is 4.98 Å². The zero-order valence-corrected chi connectivity index (χ0v) is 23.8. The summed E-state index contributed by atoms with van der Waals surface area (Å²) in [6.45, 7) is 19.2. The number of pyridine rings is 1. The molecular formula is C32H46N4. The molecule has 3 rings (SSSR count). The van der Waals surface area contributed by atoms with E-state index in [0.29, 0.717) is 11.4 Å². The molecule has 194 valence electrons. The van der Waals surface area contributed by atoms with Crippen molar-refractivity contribution in [3.8, 4) is 0 Å². The van der Waals surface area contributed by atoms with Crippen LogP contribution in [0.4, 0.5) is 0 Å². The SMILES string of the molecule is C=C(N)c1cc(C)cc(C)c1C(=N)C(c1ccc(CN(C)C)cc1)C(C)c1ccncc1.CC.CC. The highest BCUT2D eigenvalue weighted by Crippen LogP contribution is 2.37. The van der Waals surface area contributed by atoms with E-state index in [1.807, 2.05) is 65.2 Å². The predicted molar refractivity (Wildman–Crippen MR) is 158 cm³/mol. The number of nitrogens with two attached hydrogens (primary N) is 1. The monoisotopic (exact) mass is 486 g/mol. The van der Waals surface area contributed by atoms with Crippen molar-refractivity contribution in [1.82, 2.24) is 9.88 Å². The molecule has 2 unspecified atom stereocenters. The van der Waals surface area contributed by atoms with Crippen molar-refractivity contribution in [2.24, 2.45) is 5.73 Å². The summed E-state index contributed by atoms with van der Waals surface area (Å²) in [5.74, 6) is -0.0462. The summed E-state index contributed by atoms with van der Waals surface area (Å²) in [5.41, 5.74) is 14.7. The van der Waals surface area contributed by atoms with Gasteiger partial charge in [0.1, 0.15) is 0 Å². The number of rotatable bonds is 8. The second-order valence-corrected chi connectivity index (χ2v) is 8.97. The average molecular weight is 487 g/mol. The fourth-order valence-electron chi connectivity index (χ4n) is 4.49. The Bertz CT molecular complexity index is 1100. The van der Waals surface area contributed by atoms with E-state index in [4.69, 9.17) is 5.73 Å². The van der Waals surface area contributed by atoms with Crippen molar-refractivity contribution in [2.45, 2.75) is 66.8 Å². The van der Waals surface area contributed by atoms with Crippen LogP contribution in [-0.2, 0) is 6.54 Å². The summed E-state index contributed by atoms with van der Waals surface area (Å²) in [4.78, 5) is 6.33. The van der Waals surface area contributed by atoms with Crippen LogP contribution in [-0.4, -0.2) is 29.7 Å². The van der Waals surface area contributed by atoms with Crippen LogP contribution in [0.2, 0.25) is 0 Å². The first-order valence-corrected chi connectivity index (χ1v) is 13.0. The normalized spacial score (nSPS) is 11.9. The third kappa shape index (κ3) is 7.89. The molecule has 4 nitrogen and oxygen atoms in total. The summed E-state index contributed by atoms with van der Waals surface area (Å²) in [7, 11) is 4.14. The molecule has 36 heavy (non-hydrogen) atoms. The number of nitrogens with zero attached hydrogens (tertiary/aromatic N) is 2. The Morgan fingerprint density at radius 3 is 2.00 bits per heavy atom. The molecule has 2 aromatic carbocycles. The molecule has 4 heteroatoms. The summed E-state index contributed by atoms with van der Waals surface area (Å²) < 4.78 is 0. The highest BCUT2D eigenvalue weighted by molar-refractivity contribution is 6.08. The summed E-state index contributed by atoms with van der Waals surface area (Å²) >= 11 is 0. The first kappa shape index (κ1) is 30.8. The summed E-state index contributed by atoms with van der Waals surface area (Å²) in [5, 5.41) is 9.40. The number of aryl methyl sites for hydroxylation is 2. The van der Waals surface area contributed by atoms with Gasteiger partial charge >= 0.3 is 0 Å². The number of hydrogen-bond acceptors (Lipinski definition) is 4. The highest BCUT2D eigenvalue weighted by atomic mass is 15.0. The van der Waals surface area contributed by atoms with Gasteiger partial charge in [0.15, 0.2) is 0 Å². The van der Waals surface area contributed by atoms with Crippen LogP contribution in [0.25, 0.3) is 5.70 Å². The van der Waals surface area contributed by atoms with E-state index in [0.717, 1.165) is 39.9 Å². The topological polar surface area (TPSA) is 66.0 Å². The quantitative estimate of drug-likeness (QED) is 0.321. The zero-order valence-electron chi connectivity index (χ0n) is 23.8. The average Bonchev–Trinajstić information content (AvgIpc) is 2.87. The minimum absolute atomic E-state index is 0.0878. The van der Waals surface area contributed by atoms with E-state index in [-0.39, 0.29) is 11.8 Å². The van der Waals surface area contributed by atoms with Crippen molar-refractivity contribution in [2.75, 3.05) is 14.1 Å². The molecule has 1 heterocycles. The third-order valence-corrected chi connectivity index (χ3v) is 5.98. The first-order valence-electron chi connectivity index (χ1n) is 13.0. The second-order valence-electron chi connectivity index (χ2n) is 8.97. The van der Waals surface area contributed by atoms with Crippen LogP contribution in [0.3, 0.4) is 0 Å². The van der Waals surface area contributed by atoms with Gasteiger partial charge in [-0.25, -0.2) is 0 Å². The van der Waals surface area contributed by atoms with Crippen LogP contribution in [0.5, 0.6) is 0 Å². The van der Waals surface area contributed by atoms with Crippen LogP contribution in [0.15, 0.2) is 67.5 Å². The molecule has 0 saturated carbocycles. The zero-order chi connectivity index (χ0) is 27.4. The Hall–Kier alpha value is -3.24.